The van der Waals surface area contributed by atoms with Gasteiger partial charge in [-0.05, 0) is 25.5 Å². The summed E-state index contributed by atoms with van der Waals surface area (Å²) < 4.78 is 10.6. The number of aliphatic hydroxyl groups is 1. The maximum absolute atomic E-state index is 8.93. The summed E-state index contributed by atoms with van der Waals surface area (Å²) in [5, 5.41) is 8.93. The van der Waals surface area contributed by atoms with Crippen LogP contribution in [0.5, 0.6) is 11.5 Å². The zero-order chi connectivity index (χ0) is 12.0. The lowest BCUT2D eigenvalue weighted by atomic mass is 10.1. The van der Waals surface area contributed by atoms with Crippen molar-refractivity contribution in [2.24, 2.45) is 0 Å². The van der Waals surface area contributed by atoms with Crippen LogP contribution in [0, 0.1) is 0 Å². The zero-order valence-electron chi connectivity index (χ0n) is 9.99. The van der Waals surface area contributed by atoms with E-state index in [2.05, 4.69) is 0 Å². The molecule has 0 heterocycles. The topological polar surface area (TPSA) is 38.7 Å². The Morgan fingerprint density at radius 2 is 1.81 bits per heavy atom. The van der Waals surface area contributed by atoms with Crippen molar-refractivity contribution in [3.05, 3.63) is 35.4 Å². The highest BCUT2D eigenvalue weighted by molar-refractivity contribution is 5.46. The van der Waals surface area contributed by atoms with Gasteiger partial charge in [0.05, 0.1) is 20.8 Å². The molecule has 0 spiro atoms. The lowest BCUT2D eigenvalue weighted by Gasteiger charge is -2.11. The molecule has 88 valence electrons. The molecule has 0 aromatic heterocycles. The number of benzene rings is 1. The first-order chi connectivity index (χ1) is 7.72. The molecule has 0 bridgehead atoms. The molecule has 1 N–H and O–H groups in total. The average Bonchev–Trinajstić information content (AvgIpc) is 2.35. The molecule has 0 amide bonds. The third kappa shape index (κ3) is 3.00. The second kappa shape index (κ2) is 6.18. The van der Waals surface area contributed by atoms with E-state index in [1.165, 1.54) is 0 Å². The monoisotopic (exact) mass is 222 g/mol. The summed E-state index contributed by atoms with van der Waals surface area (Å²) in [6.45, 7) is 1.97. The number of ether oxygens (including phenoxy) is 2. The number of hydrogen-bond donors (Lipinski definition) is 1. The van der Waals surface area contributed by atoms with Crippen LogP contribution in [0.4, 0.5) is 0 Å². The van der Waals surface area contributed by atoms with Gasteiger partial charge in [0, 0.05) is 5.56 Å². The van der Waals surface area contributed by atoms with Crippen molar-refractivity contribution in [3.63, 3.8) is 0 Å². The Morgan fingerprint density at radius 1 is 1.25 bits per heavy atom. The van der Waals surface area contributed by atoms with E-state index in [4.69, 9.17) is 14.6 Å². The van der Waals surface area contributed by atoms with Crippen LogP contribution in [0.2, 0.25) is 0 Å². The van der Waals surface area contributed by atoms with Crippen LogP contribution < -0.4 is 9.47 Å². The molecule has 16 heavy (non-hydrogen) atoms. The van der Waals surface area contributed by atoms with Crippen LogP contribution in [-0.2, 0) is 6.42 Å². The predicted octanol–water partition coefficient (Wildman–Crippen LogP) is 2.18. The molecule has 1 aromatic carbocycles. The molecular formula is C13H18O3. The zero-order valence-corrected chi connectivity index (χ0v) is 9.99. The summed E-state index contributed by atoms with van der Waals surface area (Å²) in [6.07, 6.45) is 2.67. The standard InChI is InChI=1S/C13H18O3/c1-10(9-14)7-8-11-12(15-2)5-4-6-13(11)16-3/h4-7,14H,8-9H2,1-3H3/b10-7-. The molecule has 0 fully saturated rings. The Morgan fingerprint density at radius 3 is 2.25 bits per heavy atom. The van der Waals surface area contributed by atoms with Crippen LogP contribution in [0.1, 0.15) is 12.5 Å². The largest absolute Gasteiger partial charge is 0.496 e. The molecular weight excluding hydrogens is 204 g/mol. The molecule has 0 atom stereocenters. The van der Waals surface area contributed by atoms with E-state index in [0.717, 1.165) is 22.6 Å². The molecule has 0 aliphatic heterocycles. The quantitative estimate of drug-likeness (QED) is 0.776. The van der Waals surface area contributed by atoms with Crippen LogP contribution in [-0.4, -0.2) is 25.9 Å². The molecule has 0 aliphatic carbocycles. The van der Waals surface area contributed by atoms with E-state index in [1.54, 1.807) is 14.2 Å². The number of aliphatic hydroxyl groups excluding tert-OH is 1. The van der Waals surface area contributed by atoms with E-state index >= 15 is 0 Å². The van der Waals surface area contributed by atoms with Crippen molar-refractivity contribution in [1.82, 2.24) is 0 Å². The highest BCUT2D eigenvalue weighted by atomic mass is 16.5. The summed E-state index contributed by atoms with van der Waals surface area (Å²) in [6, 6.07) is 5.70. The Bertz CT molecular complexity index is 347. The first kappa shape index (κ1) is 12.6. The van der Waals surface area contributed by atoms with E-state index < -0.39 is 0 Å². The molecule has 0 unspecified atom stereocenters. The normalized spacial score (nSPS) is 11.4. The highest BCUT2D eigenvalue weighted by Gasteiger charge is 2.07. The Balaban J connectivity index is 2.99. The van der Waals surface area contributed by atoms with Gasteiger partial charge in [-0.25, -0.2) is 0 Å². The summed E-state index contributed by atoms with van der Waals surface area (Å²) in [5.74, 6) is 1.61. The van der Waals surface area contributed by atoms with Crippen LogP contribution >= 0.6 is 0 Å². The van der Waals surface area contributed by atoms with Gasteiger partial charge in [-0.2, -0.15) is 0 Å². The van der Waals surface area contributed by atoms with Gasteiger partial charge < -0.3 is 14.6 Å². The Labute approximate surface area is 96.3 Å². The van der Waals surface area contributed by atoms with E-state index in [9.17, 15) is 0 Å². The minimum Gasteiger partial charge on any atom is -0.496 e. The maximum Gasteiger partial charge on any atom is 0.126 e. The van der Waals surface area contributed by atoms with Gasteiger partial charge in [0.15, 0.2) is 0 Å². The third-order valence-corrected chi connectivity index (χ3v) is 2.43. The molecule has 1 aromatic rings. The van der Waals surface area contributed by atoms with Crippen molar-refractivity contribution in [1.29, 1.82) is 0 Å². The van der Waals surface area contributed by atoms with Gasteiger partial charge in [0.1, 0.15) is 11.5 Å². The molecule has 0 radical (unpaired) electrons. The van der Waals surface area contributed by atoms with E-state index in [0.29, 0.717) is 6.42 Å². The fourth-order valence-corrected chi connectivity index (χ4v) is 1.47. The van der Waals surface area contributed by atoms with Gasteiger partial charge in [-0.15, -0.1) is 0 Å². The minimum absolute atomic E-state index is 0.0808. The minimum atomic E-state index is 0.0808. The average molecular weight is 222 g/mol. The van der Waals surface area contributed by atoms with Gasteiger partial charge in [-0.3, -0.25) is 0 Å². The van der Waals surface area contributed by atoms with Gasteiger partial charge >= 0.3 is 0 Å². The number of allylic oxidation sites excluding steroid dienone is 1. The number of hydrogen-bond acceptors (Lipinski definition) is 3. The molecule has 1 rings (SSSR count). The van der Waals surface area contributed by atoms with Crippen LogP contribution in [0.3, 0.4) is 0 Å². The highest BCUT2D eigenvalue weighted by Crippen LogP contribution is 2.29. The summed E-state index contributed by atoms with van der Waals surface area (Å²) >= 11 is 0. The van der Waals surface area contributed by atoms with E-state index in [-0.39, 0.29) is 6.61 Å². The fraction of sp³-hybridized carbons (Fsp3) is 0.385. The summed E-state index contributed by atoms with van der Waals surface area (Å²) in [4.78, 5) is 0. The second-order valence-electron chi connectivity index (χ2n) is 3.55. The lowest BCUT2D eigenvalue weighted by Crippen LogP contribution is -1.96. The van der Waals surface area contributed by atoms with Crippen molar-refractivity contribution in [2.75, 3.05) is 20.8 Å². The van der Waals surface area contributed by atoms with E-state index in [1.807, 2.05) is 31.2 Å². The molecule has 3 nitrogen and oxygen atoms in total. The first-order valence-electron chi connectivity index (χ1n) is 5.19. The fourth-order valence-electron chi connectivity index (χ4n) is 1.47. The van der Waals surface area contributed by atoms with Gasteiger partial charge in [0.25, 0.3) is 0 Å². The van der Waals surface area contributed by atoms with Crippen molar-refractivity contribution < 1.29 is 14.6 Å². The van der Waals surface area contributed by atoms with Gasteiger partial charge in [-0.1, -0.05) is 17.7 Å². The number of methoxy groups -OCH3 is 2. The van der Waals surface area contributed by atoms with Crippen molar-refractivity contribution in [2.45, 2.75) is 13.3 Å². The maximum atomic E-state index is 8.93. The summed E-state index contributed by atoms with van der Waals surface area (Å²) in [5.41, 5.74) is 1.94. The van der Waals surface area contributed by atoms with Crippen LogP contribution in [0.15, 0.2) is 29.8 Å². The smallest absolute Gasteiger partial charge is 0.126 e. The predicted molar refractivity (Wildman–Crippen MR) is 64.1 cm³/mol. The Hall–Kier alpha value is -1.48. The lowest BCUT2D eigenvalue weighted by molar-refractivity contribution is 0.331. The number of rotatable bonds is 5. The van der Waals surface area contributed by atoms with Gasteiger partial charge in [0.2, 0.25) is 0 Å². The molecule has 0 saturated carbocycles. The van der Waals surface area contributed by atoms with Crippen molar-refractivity contribution >= 4 is 0 Å². The van der Waals surface area contributed by atoms with Crippen molar-refractivity contribution in [3.8, 4) is 11.5 Å². The van der Waals surface area contributed by atoms with Crippen LogP contribution in [0.25, 0.3) is 0 Å². The Kier molecular flexibility index (Phi) is 4.86. The molecule has 3 heteroatoms. The molecule has 0 saturated heterocycles. The molecule has 0 aliphatic rings. The second-order valence-corrected chi connectivity index (χ2v) is 3.55. The SMILES string of the molecule is COc1cccc(OC)c1C/C=C(/C)CO. The third-order valence-electron chi connectivity index (χ3n) is 2.43. The first-order valence-corrected chi connectivity index (χ1v) is 5.19. The summed E-state index contributed by atoms with van der Waals surface area (Å²) in [7, 11) is 3.28.